The van der Waals surface area contributed by atoms with E-state index in [1.807, 2.05) is 48.5 Å². The van der Waals surface area contributed by atoms with Gasteiger partial charge in [0.25, 0.3) is 0 Å². The van der Waals surface area contributed by atoms with Gasteiger partial charge in [0.15, 0.2) is 17.5 Å². The molecule has 0 aliphatic rings. The fourth-order valence-corrected chi connectivity index (χ4v) is 9.17. The number of aromatic nitrogens is 4. The van der Waals surface area contributed by atoms with Crippen molar-refractivity contribution in [1.29, 1.82) is 0 Å². The predicted octanol–water partition coefficient (Wildman–Crippen LogP) is 14.6. The van der Waals surface area contributed by atoms with E-state index in [0.717, 1.165) is 99.2 Å². The summed E-state index contributed by atoms with van der Waals surface area (Å²) < 4.78 is 15.2. The predicted molar refractivity (Wildman–Crippen MR) is 248 cm³/mol. The zero-order chi connectivity index (χ0) is 40.0. The van der Waals surface area contributed by atoms with E-state index in [2.05, 4.69) is 150 Å². The van der Waals surface area contributed by atoms with Crippen LogP contribution in [0.5, 0.6) is 0 Å². The van der Waals surface area contributed by atoms with Gasteiger partial charge in [-0.15, -0.1) is 0 Å². The Morgan fingerprint density at radius 3 is 1.70 bits per heavy atom. The maximum absolute atomic E-state index is 6.60. The zero-order valence-electron chi connectivity index (χ0n) is 32.6. The van der Waals surface area contributed by atoms with Gasteiger partial charge in [-0.1, -0.05) is 133 Å². The van der Waals surface area contributed by atoms with E-state index in [4.69, 9.17) is 23.8 Å². The van der Waals surface area contributed by atoms with Crippen molar-refractivity contribution >= 4 is 76.5 Å². The van der Waals surface area contributed by atoms with E-state index in [9.17, 15) is 0 Å². The van der Waals surface area contributed by atoms with Gasteiger partial charge in [0.05, 0.1) is 22.1 Å². The quantitative estimate of drug-likeness (QED) is 0.174. The molecule has 0 atom stereocenters. The Morgan fingerprint density at radius 1 is 0.328 bits per heavy atom. The molecule has 0 fully saturated rings. The number of rotatable bonds is 5. The highest BCUT2D eigenvalue weighted by Gasteiger charge is 2.25. The second kappa shape index (κ2) is 13.1. The molecule has 13 aromatic rings. The summed E-state index contributed by atoms with van der Waals surface area (Å²) in [5.74, 6) is 1.70. The highest BCUT2D eigenvalue weighted by atomic mass is 16.3. The van der Waals surface area contributed by atoms with Crippen LogP contribution in [0.4, 0.5) is 0 Å². The van der Waals surface area contributed by atoms with Crippen LogP contribution in [0.3, 0.4) is 0 Å². The van der Waals surface area contributed by atoms with Crippen LogP contribution in [0, 0.1) is 0 Å². The molecule has 0 aliphatic heterocycles. The first kappa shape index (κ1) is 33.6. The summed E-state index contributed by atoms with van der Waals surface area (Å²) in [6.45, 7) is 0. The van der Waals surface area contributed by atoms with E-state index in [1.165, 1.54) is 10.8 Å². The fourth-order valence-electron chi connectivity index (χ4n) is 9.17. The van der Waals surface area contributed by atoms with Gasteiger partial charge in [-0.2, -0.15) is 0 Å². The minimum absolute atomic E-state index is 0.554. The number of benzene rings is 9. The smallest absolute Gasteiger partial charge is 0.166 e. The first-order valence-electron chi connectivity index (χ1n) is 20.4. The molecule has 13 rings (SSSR count). The number of para-hydroxylation sites is 3. The summed E-state index contributed by atoms with van der Waals surface area (Å²) in [4.78, 5) is 16.0. The van der Waals surface area contributed by atoms with Crippen molar-refractivity contribution < 1.29 is 8.83 Å². The molecule has 0 radical (unpaired) electrons. The largest absolute Gasteiger partial charge is 0.456 e. The van der Waals surface area contributed by atoms with Crippen molar-refractivity contribution in [3.05, 3.63) is 194 Å². The number of hydrogen-bond acceptors (Lipinski definition) is 5. The van der Waals surface area contributed by atoms with Crippen LogP contribution < -0.4 is 0 Å². The Morgan fingerprint density at radius 2 is 0.885 bits per heavy atom. The lowest BCUT2D eigenvalue weighted by atomic mass is 10.0. The van der Waals surface area contributed by atoms with Crippen molar-refractivity contribution in [2.45, 2.75) is 0 Å². The lowest BCUT2D eigenvalue weighted by Gasteiger charge is -2.16. The summed E-state index contributed by atoms with van der Waals surface area (Å²) in [5.41, 5.74) is 11.3. The minimum atomic E-state index is 0.554. The summed E-state index contributed by atoms with van der Waals surface area (Å²) in [7, 11) is 0. The Kier molecular flexibility index (Phi) is 7.21. The maximum atomic E-state index is 6.60. The van der Waals surface area contributed by atoms with Crippen molar-refractivity contribution in [2.75, 3.05) is 0 Å². The molecular weight excluding hydrogens is 749 g/mol. The highest BCUT2D eigenvalue weighted by molar-refractivity contribution is 6.18. The first-order chi connectivity index (χ1) is 30.2. The van der Waals surface area contributed by atoms with Crippen LogP contribution in [0.15, 0.2) is 203 Å². The molecule has 6 nitrogen and oxygen atoms in total. The van der Waals surface area contributed by atoms with Gasteiger partial charge in [0, 0.05) is 43.6 Å². The Balaban J connectivity index is 1.12. The number of nitrogens with zero attached hydrogens (tertiary/aromatic N) is 4. The number of fused-ring (bicyclic) bond motifs is 10. The molecule has 0 saturated heterocycles. The zero-order valence-corrected chi connectivity index (χ0v) is 32.6. The molecule has 0 aliphatic carbocycles. The summed E-state index contributed by atoms with van der Waals surface area (Å²) in [6.07, 6.45) is 0. The lowest BCUT2D eigenvalue weighted by molar-refractivity contribution is 0.668. The summed E-state index contributed by atoms with van der Waals surface area (Å²) >= 11 is 0. The normalized spacial score (nSPS) is 11.9. The lowest BCUT2D eigenvalue weighted by Crippen LogP contribution is -2.04. The van der Waals surface area contributed by atoms with Crippen LogP contribution >= 0.6 is 0 Å². The van der Waals surface area contributed by atoms with Gasteiger partial charge in [-0.3, -0.25) is 0 Å². The van der Waals surface area contributed by atoms with Crippen LogP contribution in [-0.4, -0.2) is 19.5 Å². The molecule has 4 aromatic heterocycles. The molecule has 0 N–H and O–H groups in total. The molecule has 6 heteroatoms. The molecule has 0 spiro atoms. The van der Waals surface area contributed by atoms with Crippen molar-refractivity contribution in [1.82, 2.24) is 19.5 Å². The molecule has 0 saturated carbocycles. The first-order valence-corrected chi connectivity index (χ1v) is 20.4. The van der Waals surface area contributed by atoms with E-state index in [-0.39, 0.29) is 0 Å². The Labute approximate surface area is 348 Å². The average molecular weight is 781 g/mol. The summed E-state index contributed by atoms with van der Waals surface area (Å²) in [6, 6.07) is 67.4. The van der Waals surface area contributed by atoms with Crippen molar-refractivity contribution in [3.63, 3.8) is 0 Å². The third-order valence-electron chi connectivity index (χ3n) is 12.0. The fraction of sp³-hybridized carbons (Fsp3) is 0. The van der Waals surface area contributed by atoms with E-state index >= 15 is 0 Å². The molecule has 9 aromatic carbocycles. The highest BCUT2D eigenvalue weighted by Crippen LogP contribution is 2.44. The molecule has 0 bridgehead atoms. The monoisotopic (exact) mass is 780 g/mol. The third kappa shape index (κ3) is 5.26. The number of hydrogen-bond donors (Lipinski definition) is 0. The van der Waals surface area contributed by atoms with Crippen LogP contribution in [0.2, 0.25) is 0 Å². The molecule has 61 heavy (non-hydrogen) atoms. The maximum Gasteiger partial charge on any atom is 0.166 e. The Hall–Kier alpha value is -8.35. The average Bonchev–Trinajstić information content (AvgIpc) is 4.00. The van der Waals surface area contributed by atoms with Crippen molar-refractivity contribution in [3.8, 4) is 51.0 Å². The third-order valence-corrected chi connectivity index (χ3v) is 12.0. The molecule has 0 unspecified atom stereocenters. The Bertz CT molecular complexity index is 3880. The van der Waals surface area contributed by atoms with Crippen LogP contribution in [0.25, 0.3) is 127 Å². The SMILES string of the molecule is c1ccc(-c2ccc(-c3nc(-c4ccc5oc6ccccc6c5c4)nc(-c4ccc5oc6ccccc6c5c4-n4c5ccccc5c5cc6ccccc6cc54)n3)cc2)cc1. The van der Waals surface area contributed by atoms with Gasteiger partial charge >= 0.3 is 0 Å². The molecular formula is C55H32N4O2. The molecule has 284 valence electrons. The second-order valence-corrected chi connectivity index (χ2v) is 15.6. The molecule has 4 heterocycles. The minimum Gasteiger partial charge on any atom is -0.456 e. The molecule has 0 amide bonds. The topological polar surface area (TPSA) is 69.9 Å². The van der Waals surface area contributed by atoms with Crippen molar-refractivity contribution in [2.24, 2.45) is 0 Å². The number of furan rings is 2. The van der Waals surface area contributed by atoms with E-state index in [1.54, 1.807) is 0 Å². The van der Waals surface area contributed by atoms with Gasteiger partial charge in [0.2, 0.25) is 0 Å². The second-order valence-electron chi connectivity index (χ2n) is 15.6. The van der Waals surface area contributed by atoms with E-state index < -0.39 is 0 Å². The van der Waals surface area contributed by atoms with Gasteiger partial charge < -0.3 is 13.4 Å². The van der Waals surface area contributed by atoms with Gasteiger partial charge in [-0.05, 0) is 82.6 Å². The summed E-state index contributed by atoms with van der Waals surface area (Å²) in [5, 5.41) is 8.75. The van der Waals surface area contributed by atoms with Gasteiger partial charge in [-0.25, -0.2) is 15.0 Å². The van der Waals surface area contributed by atoms with E-state index in [0.29, 0.717) is 17.5 Å². The standard InChI is InChI=1S/C55H32N4O2/c1-2-12-33(13-3-1)34-22-24-35(25-23-34)53-56-54(38-26-28-49-44(31-38)40-17-7-10-20-47(40)60-49)58-55(57-53)42-27-29-50-51(41-18-8-11-21-48(41)61-50)52(42)59-45-19-9-6-16-39(45)43-30-36-14-4-5-15-37(36)32-46(43)59/h1-32H. The van der Waals surface area contributed by atoms with Gasteiger partial charge in [0.1, 0.15) is 22.3 Å². The van der Waals surface area contributed by atoms with Crippen LogP contribution in [-0.2, 0) is 0 Å². The van der Waals surface area contributed by atoms with Crippen LogP contribution in [0.1, 0.15) is 0 Å².